The zero-order chi connectivity index (χ0) is 31.2. The third-order valence-corrected chi connectivity index (χ3v) is 8.49. The average Bonchev–Trinajstić information content (AvgIpc) is 3.59. The number of carbonyl (C=O) groups excluding carboxylic acids is 4. The van der Waals surface area contributed by atoms with E-state index in [2.05, 4.69) is 21.2 Å². The van der Waals surface area contributed by atoms with E-state index < -0.39 is 23.8 Å². The van der Waals surface area contributed by atoms with Crippen molar-refractivity contribution in [2.75, 3.05) is 39.6 Å². The lowest BCUT2D eigenvalue weighted by atomic mass is 10.1. The van der Waals surface area contributed by atoms with E-state index >= 15 is 0 Å². The van der Waals surface area contributed by atoms with Crippen LogP contribution in [0.5, 0.6) is 17.2 Å². The van der Waals surface area contributed by atoms with E-state index in [0.717, 1.165) is 10.5 Å². The predicted molar refractivity (Wildman–Crippen MR) is 163 cm³/mol. The molecule has 13 heteroatoms. The van der Waals surface area contributed by atoms with Gasteiger partial charge in [0.25, 0.3) is 17.7 Å². The first-order valence-corrected chi connectivity index (χ1v) is 15.0. The molecule has 3 aromatic carbocycles. The number of hydrogen-bond acceptors (Lipinski definition) is 8. The Labute approximate surface area is 266 Å². The maximum Gasteiger partial charge on any atom is 0.261 e. The van der Waals surface area contributed by atoms with Gasteiger partial charge in [0.15, 0.2) is 18.1 Å². The fourth-order valence-corrected chi connectivity index (χ4v) is 5.37. The van der Waals surface area contributed by atoms with Gasteiger partial charge in [0.2, 0.25) is 12.7 Å². The molecule has 0 saturated heterocycles. The topological polar surface area (TPSA) is 135 Å². The molecule has 0 aliphatic carbocycles. The molecule has 1 unspecified atom stereocenters. The monoisotopic (exact) mass is 685 g/mol. The average molecular weight is 687 g/mol. The summed E-state index contributed by atoms with van der Waals surface area (Å²) in [6.07, 6.45) is -0.790. The molecule has 3 aromatic rings. The predicted octanol–water partition coefficient (Wildman–Crippen LogP) is 3.44. The van der Waals surface area contributed by atoms with Crippen LogP contribution in [0.15, 0.2) is 65.1 Å². The molecule has 5 rings (SSSR count). The summed E-state index contributed by atoms with van der Waals surface area (Å²) in [7, 11) is 0. The highest BCUT2D eigenvalue weighted by Gasteiger charge is 2.35. The molecule has 0 saturated carbocycles. The van der Waals surface area contributed by atoms with E-state index in [4.69, 9.17) is 25.8 Å². The fraction of sp³-hybridized carbons (Fsp3) is 0.290. The molecule has 2 aliphatic rings. The van der Waals surface area contributed by atoms with Gasteiger partial charge in [-0.2, -0.15) is 0 Å². The summed E-state index contributed by atoms with van der Waals surface area (Å²) < 4.78 is 16.8. The van der Waals surface area contributed by atoms with E-state index in [0.29, 0.717) is 44.3 Å². The van der Waals surface area contributed by atoms with E-state index in [1.165, 1.54) is 4.90 Å². The van der Waals surface area contributed by atoms with Crippen molar-refractivity contribution in [2.24, 2.45) is 0 Å². The Morgan fingerprint density at radius 3 is 2.52 bits per heavy atom. The number of imide groups is 1. The molecular weight excluding hydrogens is 658 g/mol. The van der Waals surface area contributed by atoms with Crippen molar-refractivity contribution < 1.29 is 38.5 Å². The fourth-order valence-electron chi connectivity index (χ4n) is 4.83. The lowest BCUT2D eigenvalue weighted by Crippen LogP contribution is -2.45. The van der Waals surface area contributed by atoms with Crippen LogP contribution in [-0.2, 0) is 16.0 Å². The molecule has 0 fully saturated rings. The summed E-state index contributed by atoms with van der Waals surface area (Å²) in [6, 6.07) is 17.0. The molecule has 4 amide bonds. The normalized spacial score (nSPS) is 13.9. The van der Waals surface area contributed by atoms with Crippen LogP contribution in [0, 0.1) is 0 Å². The largest absolute Gasteiger partial charge is 0.483 e. The number of nitrogens with one attached hydrogen (secondary N) is 1. The Morgan fingerprint density at radius 1 is 1.05 bits per heavy atom. The van der Waals surface area contributed by atoms with Crippen molar-refractivity contribution in [3.05, 3.63) is 86.8 Å². The van der Waals surface area contributed by atoms with Crippen molar-refractivity contribution >= 4 is 51.2 Å². The van der Waals surface area contributed by atoms with Gasteiger partial charge in [-0.3, -0.25) is 24.1 Å². The Morgan fingerprint density at radius 2 is 1.77 bits per heavy atom. The van der Waals surface area contributed by atoms with E-state index in [1.54, 1.807) is 48.5 Å². The van der Waals surface area contributed by atoms with Gasteiger partial charge in [0.05, 0.1) is 26.7 Å². The van der Waals surface area contributed by atoms with Crippen LogP contribution in [0.25, 0.3) is 0 Å². The molecule has 44 heavy (non-hydrogen) atoms. The number of benzene rings is 3. The number of nitrogens with zero attached hydrogens (tertiary/aromatic N) is 2. The molecule has 0 radical (unpaired) electrons. The molecule has 11 nitrogen and oxygen atoms in total. The number of hydrogen-bond donors (Lipinski definition) is 2. The summed E-state index contributed by atoms with van der Waals surface area (Å²) in [4.78, 5) is 53.8. The Hall–Kier alpha value is -4.13. The van der Waals surface area contributed by atoms with Gasteiger partial charge in [-0.05, 0) is 64.3 Å². The number of fused-ring (bicyclic) bond motifs is 2. The summed E-state index contributed by atoms with van der Waals surface area (Å²) in [5.74, 6) is -0.0745. The number of amides is 4. The van der Waals surface area contributed by atoms with Crippen molar-refractivity contribution in [1.29, 1.82) is 0 Å². The summed E-state index contributed by atoms with van der Waals surface area (Å²) in [5.41, 5.74) is 1.50. The first-order valence-electron chi connectivity index (χ1n) is 13.8. The number of aliphatic hydroxyl groups excluding tert-OH is 1. The van der Waals surface area contributed by atoms with Crippen LogP contribution in [0.3, 0.4) is 0 Å². The van der Waals surface area contributed by atoms with E-state index in [-0.39, 0.29) is 51.9 Å². The Balaban J connectivity index is 1.17. The van der Waals surface area contributed by atoms with Crippen LogP contribution >= 0.6 is 27.5 Å². The first-order chi connectivity index (χ1) is 21.2. The number of ether oxygens (including phenoxy) is 3. The molecule has 0 spiro atoms. The van der Waals surface area contributed by atoms with E-state index in [9.17, 15) is 24.3 Å². The van der Waals surface area contributed by atoms with Crippen LogP contribution in [0.4, 0.5) is 0 Å². The highest BCUT2D eigenvalue weighted by Crippen LogP contribution is 2.33. The lowest BCUT2D eigenvalue weighted by molar-refractivity contribution is -0.132. The highest BCUT2D eigenvalue weighted by atomic mass is 79.9. The molecule has 2 heterocycles. The summed E-state index contributed by atoms with van der Waals surface area (Å²) in [6.45, 7) is -0.261. The van der Waals surface area contributed by atoms with E-state index in [1.807, 2.05) is 12.1 Å². The molecule has 2 N–H and O–H groups in total. The van der Waals surface area contributed by atoms with Gasteiger partial charge in [-0.25, -0.2) is 0 Å². The van der Waals surface area contributed by atoms with Crippen LogP contribution in [0.1, 0.15) is 32.7 Å². The zero-order valence-corrected chi connectivity index (χ0v) is 25.8. The Bertz CT molecular complexity index is 1550. The highest BCUT2D eigenvalue weighted by molar-refractivity contribution is 9.10. The van der Waals surface area contributed by atoms with Gasteiger partial charge in [-0.1, -0.05) is 35.9 Å². The standard InChI is InChI=1S/C31H29BrClN3O8/c32-29-23(33)6-3-7-25(29)42-17-27(38)34-15-20(37)16-35(12-10-19-8-9-24-26(14-19)44-18-43-24)28(39)11-13-36-30(40)21-4-1-2-5-22(21)31(36)41/h1-9,14,20,37H,10-13,15-18H2,(H,34,38). The molecular formula is C31H29BrClN3O8. The smallest absolute Gasteiger partial charge is 0.261 e. The maximum atomic E-state index is 13.4. The summed E-state index contributed by atoms with van der Waals surface area (Å²) >= 11 is 9.36. The second kappa shape index (κ2) is 14.1. The second-order valence-electron chi connectivity index (χ2n) is 10.1. The van der Waals surface area contributed by atoms with Crippen molar-refractivity contribution in [1.82, 2.24) is 15.1 Å². The van der Waals surface area contributed by atoms with Gasteiger partial charge >= 0.3 is 0 Å². The van der Waals surface area contributed by atoms with Crippen molar-refractivity contribution in [3.8, 4) is 17.2 Å². The van der Waals surface area contributed by atoms with Crippen LogP contribution < -0.4 is 19.5 Å². The SMILES string of the molecule is O=C(COc1cccc(Cl)c1Br)NCC(O)CN(CCc1ccc2c(c1)OCO2)C(=O)CCN1C(=O)c2ccccc2C1=O. The van der Waals surface area contributed by atoms with Gasteiger partial charge in [0, 0.05) is 32.6 Å². The van der Waals surface area contributed by atoms with Crippen molar-refractivity contribution in [2.45, 2.75) is 18.9 Å². The minimum atomic E-state index is -1.10. The number of carbonyl (C=O) groups is 4. The number of aliphatic hydroxyl groups is 1. The molecule has 1 atom stereocenters. The minimum Gasteiger partial charge on any atom is -0.483 e. The second-order valence-corrected chi connectivity index (χ2v) is 11.3. The third kappa shape index (κ3) is 7.32. The maximum absolute atomic E-state index is 13.4. The van der Waals surface area contributed by atoms with Gasteiger partial charge < -0.3 is 29.5 Å². The number of rotatable bonds is 13. The van der Waals surface area contributed by atoms with Crippen LogP contribution in [0.2, 0.25) is 5.02 Å². The molecule has 2 aliphatic heterocycles. The minimum absolute atomic E-state index is 0.0908. The Kier molecular flexibility index (Phi) is 10.0. The quantitative estimate of drug-likeness (QED) is 0.261. The van der Waals surface area contributed by atoms with Crippen molar-refractivity contribution in [3.63, 3.8) is 0 Å². The van der Waals surface area contributed by atoms with Crippen LogP contribution in [-0.4, -0.2) is 84.2 Å². The summed E-state index contributed by atoms with van der Waals surface area (Å²) in [5, 5.41) is 13.8. The zero-order valence-electron chi connectivity index (χ0n) is 23.5. The third-order valence-electron chi connectivity index (χ3n) is 7.13. The molecule has 0 aromatic heterocycles. The lowest BCUT2D eigenvalue weighted by Gasteiger charge is -2.26. The van der Waals surface area contributed by atoms with Gasteiger partial charge in [0.1, 0.15) is 5.75 Å². The number of halogens is 2. The van der Waals surface area contributed by atoms with Gasteiger partial charge in [-0.15, -0.1) is 0 Å². The first kappa shape index (κ1) is 31.3. The molecule has 230 valence electrons. The molecule has 0 bridgehead atoms.